The maximum Gasteiger partial charge on any atom is 0.245 e. The Labute approximate surface area is 247 Å². The van der Waals surface area contributed by atoms with E-state index in [9.17, 15) is 18.8 Å². The van der Waals surface area contributed by atoms with Crippen LogP contribution in [0, 0.1) is 18.2 Å². The second kappa shape index (κ2) is 10.3. The normalized spacial score (nSPS) is 21.7. The number of nitrogens with one attached hydrogen (secondary N) is 1. The summed E-state index contributed by atoms with van der Waals surface area (Å²) in [4.78, 5) is 50.0. The summed E-state index contributed by atoms with van der Waals surface area (Å²) in [7, 11) is 0. The predicted molar refractivity (Wildman–Crippen MR) is 155 cm³/mol. The van der Waals surface area contributed by atoms with Crippen molar-refractivity contribution in [3.8, 4) is 11.1 Å². The lowest BCUT2D eigenvalue weighted by Crippen LogP contribution is -2.49. The SMILES string of the molecule is CC(=O)c1nn(CC(=O)N2C3C[C@]3(C)C[C@H]2C(=O)N[C@H](C)c2cccc(Cl)c2F)c2ccc(-c3cnc(C)nc3)cc12. The highest BCUT2D eigenvalue weighted by Crippen LogP contribution is 2.59. The van der Waals surface area contributed by atoms with Crippen molar-refractivity contribution in [2.75, 3.05) is 0 Å². The predicted octanol–water partition coefficient (Wildman–Crippen LogP) is 5.05. The van der Waals surface area contributed by atoms with E-state index in [1.165, 1.54) is 17.7 Å². The number of piperidine rings is 1. The zero-order chi connectivity index (χ0) is 29.9. The zero-order valence-electron chi connectivity index (χ0n) is 23.7. The Kier molecular flexibility index (Phi) is 6.84. The van der Waals surface area contributed by atoms with Gasteiger partial charge >= 0.3 is 0 Å². The molecule has 1 N–H and O–H groups in total. The minimum atomic E-state index is -0.701. The number of amides is 2. The molecule has 1 unspecified atom stereocenters. The minimum absolute atomic E-state index is 0.0178. The van der Waals surface area contributed by atoms with Gasteiger partial charge in [0.2, 0.25) is 11.8 Å². The Morgan fingerprint density at radius 2 is 1.88 bits per heavy atom. The standard InChI is InChI=1S/C31H30ClFN6O3/c1-16(21-6-5-7-23(32)28(21)33)36-30(42)25-11-31(4)12-26(31)39(25)27(41)15-38-24-9-8-19(20-13-34-18(3)35-14-20)10-22(24)29(37-38)17(2)40/h5-10,13-14,16,25-26H,11-12,15H2,1-4H3,(H,36,42)/t16-,25+,26?,31+/m1/s1. The lowest BCUT2D eigenvalue weighted by atomic mass is 10.0. The summed E-state index contributed by atoms with van der Waals surface area (Å²) in [5.74, 6) is -0.755. The number of rotatable bonds is 7. The molecular weight excluding hydrogens is 559 g/mol. The lowest BCUT2D eigenvalue weighted by molar-refractivity contribution is -0.140. The summed E-state index contributed by atoms with van der Waals surface area (Å²) in [6.07, 6.45) is 4.76. The fourth-order valence-electron chi connectivity index (χ4n) is 6.09. The van der Waals surface area contributed by atoms with Crippen molar-refractivity contribution >= 4 is 40.1 Å². The molecule has 9 nitrogen and oxygen atoms in total. The molecule has 0 bridgehead atoms. The van der Waals surface area contributed by atoms with E-state index in [1.807, 2.05) is 18.2 Å². The van der Waals surface area contributed by atoms with Crippen molar-refractivity contribution in [1.82, 2.24) is 30.0 Å². The largest absolute Gasteiger partial charge is 0.348 e. The van der Waals surface area contributed by atoms with Crippen molar-refractivity contribution in [3.63, 3.8) is 0 Å². The van der Waals surface area contributed by atoms with Gasteiger partial charge < -0.3 is 10.2 Å². The van der Waals surface area contributed by atoms with Crippen LogP contribution in [0.2, 0.25) is 5.02 Å². The molecule has 6 rings (SSSR count). The van der Waals surface area contributed by atoms with E-state index in [0.717, 1.165) is 17.5 Å². The van der Waals surface area contributed by atoms with Crippen LogP contribution in [0.3, 0.4) is 0 Å². The summed E-state index contributed by atoms with van der Waals surface area (Å²) < 4.78 is 16.1. The van der Waals surface area contributed by atoms with Gasteiger partial charge in [-0.25, -0.2) is 14.4 Å². The average Bonchev–Trinajstić information content (AvgIpc) is 3.32. The molecule has 42 heavy (non-hydrogen) atoms. The van der Waals surface area contributed by atoms with Gasteiger partial charge in [0.25, 0.3) is 0 Å². The highest BCUT2D eigenvalue weighted by molar-refractivity contribution is 6.30. The maximum absolute atomic E-state index is 14.6. The van der Waals surface area contributed by atoms with Gasteiger partial charge in [0.05, 0.1) is 16.6 Å². The van der Waals surface area contributed by atoms with Crippen LogP contribution in [0.25, 0.3) is 22.0 Å². The molecule has 1 aliphatic heterocycles. The number of hydrogen-bond acceptors (Lipinski definition) is 6. The van der Waals surface area contributed by atoms with E-state index >= 15 is 0 Å². The van der Waals surface area contributed by atoms with Gasteiger partial charge in [-0.15, -0.1) is 0 Å². The first kappa shape index (κ1) is 28.0. The second-order valence-electron chi connectivity index (χ2n) is 11.6. The highest BCUT2D eigenvalue weighted by Gasteiger charge is 2.64. The van der Waals surface area contributed by atoms with Gasteiger partial charge in [0, 0.05) is 41.9 Å². The Bertz CT molecular complexity index is 1760. The molecule has 216 valence electrons. The number of halogens is 2. The Hall–Kier alpha value is -4.18. The molecule has 1 aliphatic carbocycles. The Morgan fingerprint density at radius 1 is 1.14 bits per heavy atom. The number of aryl methyl sites for hydroxylation is 1. The second-order valence-corrected chi connectivity index (χ2v) is 12.0. The van der Waals surface area contributed by atoms with Crippen molar-refractivity contribution < 1.29 is 18.8 Å². The minimum Gasteiger partial charge on any atom is -0.348 e. The Balaban J connectivity index is 1.26. The summed E-state index contributed by atoms with van der Waals surface area (Å²) in [5, 5.41) is 8.00. The number of hydrogen-bond donors (Lipinski definition) is 1. The monoisotopic (exact) mass is 588 g/mol. The van der Waals surface area contributed by atoms with E-state index in [2.05, 4.69) is 27.3 Å². The fourth-order valence-corrected chi connectivity index (χ4v) is 6.28. The van der Waals surface area contributed by atoms with Gasteiger partial charge in [-0.1, -0.05) is 36.7 Å². The molecule has 0 radical (unpaired) electrons. The first-order valence-corrected chi connectivity index (χ1v) is 14.2. The third kappa shape index (κ3) is 4.83. The maximum atomic E-state index is 14.6. The number of aromatic nitrogens is 4. The molecule has 3 heterocycles. The average molecular weight is 589 g/mol. The summed E-state index contributed by atoms with van der Waals surface area (Å²) in [5.41, 5.74) is 2.65. The van der Waals surface area contributed by atoms with E-state index in [1.54, 1.807) is 43.3 Å². The van der Waals surface area contributed by atoms with Crippen LogP contribution in [0.1, 0.15) is 61.5 Å². The van der Waals surface area contributed by atoms with Crippen molar-refractivity contribution in [2.24, 2.45) is 5.41 Å². The number of nitrogens with zero attached hydrogens (tertiary/aromatic N) is 5. The number of benzene rings is 2. The molecule has 2 fully saturated rings. The van der Waals surface area contributed by atoms with Gasteiger partial charge in [0.15, 0.2) is 5.78 Å². The van der Waals surface area contributed by atoms with Crippen LogP contribution >= 0.6 is 11.6 Å². The van der Waals surface area contributed by atoms with Crippen LogP contribution in [-0.2, 0) is 16.1 Å². The molecule has 4 atom stereocenters. The summed E-state index contributed by atoms with van der Waals surface area (Å²) in [6, 6.07) is 8.82. The number of likely N-dealkylation sites (tertiary alicyclic amines) is 1. The number of carbonyl (C=O) groups is 3. The van der Waals surface area contributed by atoms with Crippen molar-refractivity contribution in [3.05, 3.63) is 76.7 Å². The number of fused-ring (bicyclic) bond motifs is 2. The molecule has 1 saturated heterocycles. The number of Topliss-reactive ketones (excluding diaryl/α,β-unsaturated/α-hetero) is 1. The zero-order valence-corrected chi connectivity index (χ0v) is 24.4. The van der Waals surface area contributed by atoms with E-state index in [4.69, 9.17) is 11.6 Å². The smallest absolute Gasteiger partial charge is 0.245 e. The van der Waals surface area contributed by atoms with Crippen LogP contribution in [0.5, 0.6) is 0 Å². The van der Waals surface area contributed by atoms with Crippen LogP contribution in [0.15, 0.2) is 48.8 Å². The summed E-state index contributed by atoms with van der Waals surface area (Å²) in [6.45, 7) is 6.87. The molecule has 2 aromatic heterocycles. The van der Waals surface area contributed by atoms with E-state index < -0.39 is 17.9 Å². The quantitative estimate of drug-likeness (QED) is 0.302. The number of ketones is 1. The van der Waals surface area contributed by atoms with Crippen LogP contribution < -0.4 is 5.32 Å². The van der Waals surface area contributed by atoms with Gasteiger partial charge in [0.1, 0.15) is 29.9 Å². The van der Waals surface area contributed by atoms with E-state index in [-0.39, 0.29) is 51.9 Å². The molecular formula is C31H30ClFN6O3. The molecule has 1 saturated carbocycles. The molecule has 2 aromatic carbocycles. The first-order valence-electron chi connectivity index (χ1n) is 13.8. The van der Waals surface area contributed by atoms with Crippen LogP contribution in [0.4, 0.5) is 4.39 Å². The van der Waals surface area contributed by atoms with Gasteiger partial charge in [-0.3, -0.25) is 19.1 Å². The molecule has 4 aromatic rings. The number of carbonyl (C=O) groups excluding carboxylic acids is 3. The van der Waals surface area contributed by atoms with Crippen molar-refractivity contribution in [2.45, 2.75) is 65.2 Å². The first-order chi connectivity index (χ1) is 20.0. The molecule has 11 heteroatoms. The topological polar surface area (TPSA) is 110 Å². The fraction of sp³-hybridized carbons (Fsp3) is 0.355. The highest BCUT2D eigenvalue weighted by atomic mass is 35.5. The van der Waals surface area contributed by atoms with Crippen molar-refractivity contribution in [1.29, 1.82) is 0 Å². The molecule has 0 spiro atoms. The van der Waals surface area contributed by atoms with E-state index in [0.29, 0.717) is 23.1 Å². The molecule has 2 aliphatic rings. The Morgan fingerprint density at radius 3 is 2.60 bits per heavy atom. The van der Waals surface area contributed by atoms with Crippen LogP contribution in [-0.4, -0.2) is 54.3 Å². The van der Waals surface area contributed by atoms with Gasteiger partial charge in [-0.2, -0.15) is 5.10 Å². The lowest BCUT2D eigenvalue weighted by Gasteiger charge is -2.28. The van der Waals surface area contributed by atoms with Gasteiger partial charge in [-0.05, 0) is 55.9 Å². The molecule has 2 amide bonds. The third-order valence-electron chi connectivity index (χ3n) is 8.52. The third-order valence-corrected chi connectivity index (χ3v) is 8.81. The summed E-state index contributed by atoms with van der Waals surface area (Å²) >= 11 is 5.94.